The third-order valence-electron chi connectivity index (χ3n) is 2.78. The van der Waals surface area contributed by atoms with Crippen molar-refractivity contribution in [2.24, 2.45) is 0 Å². The summed E-state index contributed by atoms with van der Waals surface area (Å²) >= 11 is 1.69. The van der Waals surface area contributed by atoms with E-state index in [1.807, 2.05) is 20.0 Å². The van der Waals surface area contributed by atoms with Gasteiger partial charge in [-0.3, -0.25) is 4.90 Å². The first-order chi connectivity index (χ1) is 8.12. The van der Waals surface area contributed by atoms with Gasteiger partial charge in [0.1, 0.15) is 5.75 Å². The maximum absolute atomic E-state index is 5.41. The molecule has 0 aliphatic rings. The van der Waals surface area contributed by atoms with Crippen LogP contribution >= 0.6 is 11.8 Å². The lowest BCUT2D eigenvalue weighted by molar-refractivity contribution is 0.296. The Morgan fingerprint density at radius 3 is 2.76 bits per heavy atom. The van der Waals surface area contributed by atoms with Crippen molar-refractivity contribution < 1.29 is 4.74 Å². The van der Waals surface area contributed by atoms with Crippen molar-refractivity contribution in [1.82, 2.24) is 4.90 Å². The second kappa shape index (κ2) is 6.58. The SMILES string of the molecule is C#C[C@@H](C)N(C)Cc1ccc(OC)c(SC)c1. The van der Waals surface area contributed by atoms with Crippen LogP contribution in [0.5, 0.6) is 5.75 Å². The fourth-order valence-corrected chi connectivity index (χ4v) is 2.15. The first-order valence-electron chi connectivity index (χ1n) is 5.49. The normalized spacial score (nSPS) is 12.2. The lowest BCUT2D eigenvalue weighted by Gasteiger charge is -2.20. The number of methoxy groups -OCH3 is 1. The Kier molecular flexibility index (Phi) is 5.40. The number of rotatable bonds is 5. The molecule has 0 radical (unpaired) electrons. The summed E-state index contributed by atoms with van der Waals surface area (Å²) in [5.41, 5.74) is 1.25. The van der Waals surface area contributed by atoms with Gasteiger partial charge in [0.15, 0.2) is 0 Å². The first kappa shape index (κ1) is 14.0. The zero-order valence-electron chi connectivity index (χ0n) is 10.9. The molecule has 0 aromatic heterocycles. The van der Waals surface area contributed by atoms with Gasteiger partial charge in [0.25, 0.3) is 0 Å². The van der Waals surface area contributed by atoms with Crippen molar-refractivity contribution in [1.29, 1.82) is 0 Å². The molecule has 17 heavy (non-hydrogen) atoms. The van der Waals surface area contributed by atoms with Crippen LogP contribution < -0.4 is 4.74 Å². The fraction of sp³-hybridized carbons (Fsp3) is 0.429. The number of hydrogen-bond acceptors (Lipinski definition) is 3. The highest BCUT2D eigenvalue weighted by Crippen LogP contribution is 2.28. The molecule has 0 saturated heterocycles. The number of ether oxygens (including phenoxy) is 1. The van der Waals surface area contributed by atoms with Crippen LogP contribution in [0.2, 0.25) is 0 Å². The molecular weight excluding hydrogens is 230 g/mol. The second-order valence-electron chi connectivity index (χ2n) is 3.95. The molecule has 0 spiro atoms. The zero-order chi connectivity index (χ0) is 12.8. The Morgan fingerprint density at radius 2 is 2.24 bits per heavy atom. The van der Waals surface area contributed by atoms with E-state index >= 15 is 0 Å². The second-order valence-corrected chi connectivity index (χ2v) is 4.80. The molecule has 0 fully saturated rings. The van der Waals surface area contributed by atoms with E-state index in [0.717, 1.165) is 17.2 Å². The maximum Gasteiger partial charge on any atom is 0.132 e. The molecule has 1 aromatic rings. The van der Waals surface area contributed by atoms with Crippen LogP contribution in [0.25, 0.3) is 0 Å². The highest BCUT2D eigenvalue weighted by molar-refractivity contribution is 7.98. The Balaban J connectivity index is 2.83. The predicted octanol–water partition coefficient (Wildman–Crippen LogP) is 2.87. The third kappa shape index (κ3) is 3.69. The van der Waals surface area contributed by atoms with E-state index in [1.165, 1.54) is 5.56 Å². The highest BCUT2D eigenvalue weighted by atomic mass is 32.2. The summed E-state index contributed by atoms with van der Waals surface area (Å²) in [5.74, 6) is 3.66. The number of benzene rings is 1. The van der Waals surface area contributed by atoms with Crippen molar-refractivity contribution in [3.05, 3.63) is 23.8 Å². The molecule has 0 heterocycles. The van der Waals surface area contributed by atoms with Gasteiger partial charge in [-0.15, -0.1) is 18.2 Å². The van der Waals surface area contributed by atoms with Crippen LogP contribution in [0.1, 0.15) is 12.5 Å². The van der Waals surface area contributed by atoms with Gasteiger partial charge in [-0.05, 0) is 37.9 Å². The maximum atomic E-state index is 5.41. The summed E-state index contributed by atoms with van der Waals surface area (Å²) in [6.07, 6.45) is 7.46. The third-order valence-corrected chi connectivity index (χ3v) is 3.54. The molecule has 0 bridgehead atoms. The molecule has 1 rings (SSSR count). The zero-order valence-corrected chi connectivity index (χ0v) is 11.7. The summed E-state index contributed by atoms with van der Waals surface area (Å²) < 4.78 is 5.30. The molecule has 0 unspecified atom stereocenters. The van der Waals surface area contributed by atoms with Gasteiger partial charge < -0.3 is 4.74 Å². The van der Waals surface area contributed by atoms with Crippen molar-refractivity contribution >= 4 is 11.8 Å². The van der Waals surface area contributed by atoms with Gasteiger partial charge in [-0.1, -0.05) is 12.0 Å². The van der Waals surface area contributed by atoms with Gasteiger partial charge in [0.2, 0.25) is 0 Å². The van der Waals surface area contributed by atoms with E-state index in [2.05, 4.69) is 29.2 Å². The molecular formula is C14H19NOS. The van der Waals surface area contributed by atoms with Crippen molar-refractivity contribution in [2.75, 3.05) is 20.4 Å². The van der Waals surface area contributed by atoms with E-state index in [4.69, 9.17) is 11.2 Å². The number of thioether (sulfide) groups is 1. The van der Waals surface area contributed by atoms with Crippen molar-refractivity contribution in [3.63, 3.8) is 0 Å². The Morgan fingerprint density at radius 1 is 1.53 bits per heavy atom. The number of terminal acetylenes is 1. The molecule has 0 N–H and O–H groups in total. The fourth-order valence-electron chi connectivity index (χ4n) is 1.53. The van der Waals surface area contributed by atoms with Gasteiger partial charge in [-0.2, -0.15) is 0 Å². The highest BCUT2D eigenvalue weighted by Gasteiger charge is 2.08. The van der Waals surface area contributed by atoms with Gasteiger partial charge in [0.05, 0.1) is 13.2 Å². The van der Waals surface area contributed by atoms with Gasteiger partial charge in [0, 0.05) is 11.4 Å². The molecule has 1 aromatic carbocycles. The molecule has 92 valence electrons. The van der Waals surface area contributed by atoms with Crippen molar-refractivity contribution in [2.45, 2.75) is 24.4 Å². The minimum absolute atomic E-state index is 0.148. The summed E-state index contributed by atoms with van der Waals surface area (Å²) in [6.45, 7) is 2.88. The summed E-state index contributed by atoms with van der Waals surface area (Å²) in [4.78, 5) is 3.30. The van der Waals surface area contributed by atoms with Crippen LogP contribution in [0.15, 0.2) is 23.1 Å². The average molecular weight is 249 g/mol. The minimum atomic E-state index is 0.148. The Bertz CT molecular complexity index is 411. The van der Waals surface area contributed by atoms with E-state index in [0.29, 0.717) is 0 Å². The van der Waals surface area contributed by atoms with Gasteiger partial charge >= 0.3 is 0 Å². The van der Waals surface area contributed by atoms with E-state index in [-0.39, 0.29) is 6.04 Å². The van der Waals surface area contributed by atoms with Crippen LogP contribution in [0.3, 0.4) is 0 Å². The summed E-state index contributed by atoms with van der Waals surface area (Å²) in [7, 11) is 3.73. The monoisotopic (exact) mass is 249 g/mol. The predicted molar refractivity (Wildman–Crippen MR) is 74.5 cm³/mol. The first-order valence-corrected chi connectivity index (χ1v) is 6.72. The van der Waals surface area contributed by atoms with Crippen LogP contribution in [0.4, 0.5) is 0 Å². The number of hydrogen-bond donors (Lipinski definition) is 0. The lowest BCUT2D eigenvalue weighted by Crippen LogP contribution is -2.26. The standard InChI is InChI=1S/C14H19NOS/c1-6-11(2)15(3)10-12-7-8-13(16-4)14(9-12)17-5/h1,7-9,11H,10H2,2-5H3/t11-/m1/s1. The van der Waals surface area contributed by atoms with E-state index in [1.54, 1.807) is 18.9 Å². The molecule has 0 aliphatic heterocycles. The molecule has 0 aliphatic carbocycles. The molecule has 0 saturated carbocycles. The largest absolute Gasteiger partial charge is 0.496 e. The molecule has 1 atom stereocenters. The number of nitrogens with zero attached hydrogens (tertiary/aromatic N) is 1. The minimum Gasteiger partial charge on any atom is -0.496 e. The van der Waals surface area contributed by atoms with Crippen LogP contribution in [-0.4, -0.2) is 31.4 Å². The molecule has 0 amide bonds. The Labute approximate surface area is 108 Å². The van der Waals surface area contributed by atoms with Crippen molar-refractivity contribution in [3.8, 4) is 18.1 Å². The van der Waals surface area contributed by atoms with Gasteiger partial charge in [-0.25, -0.2) is 0 Å². The van der Waals surface area contributed by atoms with Crippen LogP contribution in [-0.2, 0) is 6.54 Å². The summed E-state index contributed by atoms with van der Waals surface area (Å²) in [5, 5.41) is 0. The van der Waals surface area contributed by atoms with Crippen LogP contribution in [0, 0.1) is 12.3 Å². The molecule has 3 heteroatoms. The van der Waals surface area contributed by atoms with E-state index < -0.39 is 0 Å². The van der Waals surface area contributed by atoms with E-state index in [9.17, 15) is 0 Å². The lowest BCUT2D eigenvalue weighted by atomic mass is 10.2. The summed E-state index contributed by atoms with van der Waals surface area (Å²) in [6, 6.07) is 6.40. The average Bonchev–Trinajstić information content (AvgIpc) is 2.37. The Hall–Kier alpha value is -1.11. The topological polar surface area (TPSA) is 12.5 Å². The quantitative estimate of drug-likeness (QED) is 0.588. The molecule has 2 nitrogen and oxygen atoms in total. The smallest absolute Gasteiger partial charge is 0.132 e.